The van der Waals surface area contributed by atoms with Crippen LogP contribution < -0.4 is 0 Å². The zero-order valence-electron chi connectivity index (χ0n) is 48.5. The smallest absolute Gasteiger partial charge is 0.306 e. The van der Waals surface area contributed by atoms with E-state index in [9.17, 15) is 14.4 Å². The van der Waals surface area contributed by atoms with Gasteiger partial charge in [0.15, 0.2) is 6.10 Å². The number of hydrogen-bond donors (Lipinski definition) is 0. The molecule has 0 saturated heterocycles. The predicted octanol–water partition coefficient (Wildman–Crippen LogP) is 21.6. The largest absolute Gasteiger partial charge is 0.462 e. The van der Waals surface area contributed by atoms with E-state index in [0.29, 0.717) is 19.3 Å². The summed E-state index contributed by atoms with van der Waals surface area (Å²) in [4.78, 5) is 38.3. The summed E-state index contributed by atoms with van der Waals surface area (Å²) >= 11 is 0. The Kier molecular flexibility index (Phi) is 59.2. The number of carbonyl (C=O) groups excluding carboxylic acids is 3. The summed E-state index contributed by atoms with van der Waals surface area (Å²) in [6.07, 6.45) is 74.3. The Morgan fingerprint density at radius 1 is 0.278 bits per heavy atom. The fraction of sp³-hybridized carbons (Fsp3) is 0.864. The molecule has 0 aromatic heterocycles. The summed E-state index contributed by atoms with van der Waals surface area (Å²) in [5.41, 5.74) is 0. The Morgan fingerprint density at radius 3 is 0.778 bits per heavy atom. The van der Waals surface area contributed by atoms with E-state index < -0.39 is 6.10 Å². The van der Waals surface area contributed by atoms with Crippen molar-refractivity contribution in [3.8, 4) is 0 Å². The minimum atomic E-state index is -0.771. The highest BCUT2D eigenvalue weighted by atomic mass is 16.6. The van der Waals surface area contributed by atoms with Gasteiger partial charge in [0.2, 0.25) is 0 Å². The summed E-state index contributed by atoms with van der Waals surface area (Å²) in [5, 5.41) is 0. The Hall–Kier alpha value is -2.37. The molecule has 6 heteroatoms. The van der Waals surface area contributed by atoms with Gasteiger partial charge in [-0.1, -0.05) is 308 Å². The molecule has 72 heavy (non-hydrogen) atoms. The van der Waals surface area contributed by atoms with Crippen LogP contribution >= 0.6 is 0 Å². The molecule has 1 unspecified atom stereocenters. The summed E-state index contributed by atoms with van der Waals surface area (Å²) in [5.74, 6) is -0.851. The van der Waals surface area contributed by atoms with E-state index >= 15 is 0 Å². The summed E-state index contributed by atoms with van der Waals surface area (Å²) in [6.45, 7) is 6.68. The Bertz CT molecular complexity index is 1210. The maximum Gasteiger partial charge on any atom is 0.306 e. The fourth-order valence-electron chi connectivity index (χ4n) is 9.57. The molecule has 0 radical (unpaired) electrons. The lowest BCUT2D eigenvalue weighted by molar-refractivity contribution is -0.167. The van der Waals surface area contributed by atoms with Gasteiger partial charge in [-0.25, -0.2) is 0 Å². The monoisotopic (exact) mass is 1010 g/mol. The number of ether oxygens (including phenoxy) is 3. The third kappa shape index (κ3) is 58.5. The van der Waals surface area contributed by atoms with Crippen molar-refractivity contribution in [1.82, 2.24) is 0 Å². The van der Waals surface area contributed by atoms with Gasteiger partial charge in [-0.05, 0) is 57.8 Å². The molecule has 0 rings (SSSR count). The molecular formula is C66H122O6. The quantitative estimate of drug-likeness (QED) is 0.0261. The van der Waals surface area contributed by atoms with Gasteiger partial charge in [0, 0.05) is 19.3 Å². The van der Waals surface area contributed by atoms with Crippen LogP contribution in [0.5, 0.6) is 0 Å². The molecule has 0 aliphatic heterocycles. The van der Waals surface area contributed by atoms with Crippen molar-refractivity contribution in [2.75, 3.05) is 13.2 Å². The molecule has 1 atom stereocenters. The molecule has 0 fully saturated rings. The van der Waals surface area contributed by atoms with E-state index in [0.717, 1.165) is 77.0 Å². The number of rotatable bonds is 59. The SMILES string of the molecule is CCCCCCC/C=C\C/C=C\C/C=C\CCCCCCCCCCC(=O)OCC(COC(=O)CCCCCCCCCCCCCCCC)OC(=O)CCCCCCCCCCCCCCCCCCC. The Morgan fingerprint density at radius 2 is 0.500 bits per heavy atom. The van der Waals surface area contributed by atoms with E-state index in [4.69, 9.17) is 14.2 Å². The molecule has 0 aromatic rings. The average molecular weight is 1010 g/mol. The molecular weight excluding hydrogens is 889 g/mol. The van der Waals surface area contributed by atoms with E-state index in [1.54, 1.807) is 0 Å². The lowest BCUT2D eigenvalue weighted by atomic mass is 10.0. The van der Waals surface area contributed by atoms with Crippen LogP contribution in [-0.4, -0.2) is 37.2 Å². The van der Waals surface area contributed by atoms with Crippen molar-refractivity contribution in [3.63, 3.8) is 0 Å². The van der Waals surface area contributed by atoms with E-state index in [1.165, 1.54) is 231 Å². The molecule has 0 N–H and O–H groups in total. The van der Waals surface area contributed by atoms with Crippen LogP contribution in [0.15, 0.2) is 36.5 Å². The normalized spacial score (nSPS) is 12.2. The first-order valence-electron chi connectivity index (χ1n) is 32.0. The van der Waals surface area contributed by atoms with Crippen LogP contribution in [0.3, 0.4) is 0 Å². The van der Waals surface area contributed by atoms with Crippen LogP contribution in [0.4, 0.5) is 0 Å². The van der Waals surface area contributed by atoms with Crippen LogP contribution in [0.25, 0.3) is 0 Å². The van der Waals surface area contributed by atoms with Crippen molar-refractivity contribution < 1.29 is 28.6 Å². The molecule has 0 spiro atoms. The highest BCUT2D eigenvalue weighted by molar-refractivity contribution is 5.71. The van der Waals surface area contributed by atoms with Crippen molar-refractivity contribution in [2.45, 2.75) is 354 Å². The first-order valence-corrected chi connectivity index (χ1v) is 32.0. The predicted molar refractivity (Wildman–Crippen MR) is 312 cm³/mol. The molecule has 0 aliphatic carbocycles. The zero-order chi connectivity index (χ0) is 52.2. The van der Waals surface area contributed by atoms with E-state index in [1.807, 2.05) is 0 Å². The minimum absolute atomic E-state index is 0.0689. The van der Waals surface area contributed by atoms with Crippen LogP contribution in [0, 0.1) is 0 Å². The van der Waals surface area contributed by atoms with Crippen molar-refractivity contribution in [1.29, 1.82) is 0 Å². The molecule has 0 saturated carbocycles. The van der Waals surface area contributed by atoms with Crippen molar-refractivity contribution >= 4 is 17.9 Å². The molecule has 0 bridgehead atoms. The van der Waals surface area contributed by atoms with Crippen molar-refractivity contribution in [2.24, 2.45) is 0 Å². The molecule has 0 amide bonds. The van der Waals surface area contributed by atoms with Gasteiger partial charge in [0.1, 0.15) is 13.2 Å². The van der Waals surface area contributed by atoms with Crippen LogP contribution in [0.2, 0.25) is 0 Å². The number of unbranched alkanes of at least 4 members (excludes halogenated alkanes) is 42. The maximum atomic E-state index is 12.9. The Balaban J connectivity index is 4.30. The second-order valence-corrected chi connectivity index (χ2v) is 21.7. The van der Waals surface area contributed by atoms with Crippen LogP contribution in [-0.2, 0) is 28.6 Å². The van der Waals surface area contributed by atoms with Crippen molar-refractivity contribution in [3.05, 3.63) is 36.5 Å². The third-order valence-corrected chi connectivity index (χ3v) is 14.4. The van der Waals surface area contributed by atoms with Gasteiger partial charge in [-0.2, -0.15) is 0 Å². The Labute approximate surface area is 448 Å². The second-order valence-electron chi connectivity index (χ2n) is 21.7. The molecule has 0 aromatic carbocycles. The number of hydrogen-bond acceptors (Lipinski definition) is 6. The molecule has 422 valence electrons. The van der Waals surface area contributed by atoms with Gasteiger partial charge in [0.05, 0.1) is 0 Å². The number of carbonyl (C=O) groups is 3. The first-order chi connectivity index (χ1) is 35.5. The van der Waals surface area contributed by atoms with Gasteiger partial charge in [-0.3, -0.25) is 14.4 Å². The van der Waals surface area contributed by atoms with Gasteiger partial charge >= 0.3 is 17.9 Å². The topological polar surface area (TPSA) is 78.9 Å². The maximum absolute atomic E-state index is 12.9. The highest BCUT2D eigenvalue weighted by Gasteiger charge is 2.19. The summed E-state index contributed by atoms with van der Waals surface area (Å²) in [7, 11) is 0. The first kappa shape index (κ1) is 69.6. The van der Waals surface area contributed by atoms with E-state index in [2.05, 4.69) is 57.2 Å². The van der Waals surface area contributed by atoms with Gasteiger partial charge in [-0.15, -0.1) is 0 Å². The lowest BCUT2D eigenvalue weighted by Gasteiger charge is -2.18. The van der Waals surface area contributed by atoms with Gasteiger partial charge in [0.25, 0.3) is 0 Å². The highest BCUT2D eigenvalue weighted by Crippen LogP contribution is 2.17. The molecule has 0 heterocycles. The molecule has 6 nitrogen and oxygen atoms in total. The average Bonchev–Trinajstić information content (AvgIpc) is 3.38. The van der Waals surface area contributed by atoms with Gasteiger partial charge < -0.3 is 14.2 Å². The van der Waals surface area contributed by atoms with Crippen LogP contribution in [0.1, 0.15) is 348 Å². The summed E-state index contributed by atoms with van der Waals surface area (Å²) in [6, 6.07) is 0. The standard InChI is InChI=1S/C66H122O6/c1-4-7-10-13-16-19-22-25-28-30-31-32-33-34-35-37-38-41-44-47-50-53-56-59-65(68)71-62-63(61-70-64(67)58-55-52-49-46-43-40-27-24-21-18-15-12-9-6-3)72-66(69)60-57-54-51-48-45-42-39-36-29-26-23-20-17-14-11-8-5-2/h22,25,30-31,33-34,63H,4-21,23-24,26-29,32,35-62H2,1-3H3/b25-22-,31-30-,34-33-. The zero-order valence-corrected chi connectivity index (χ0v) is 48.5. The fourth-order valence-corrected chi connectivity index (χ4v) is 9.57. The van der Waals surface area contributed by atoms with E-state index in [-0.39, 0.29) is 31.1 Å². The number of allylic oxidation sites excluding steroid dienone is 6. The number of esters is 3. The lowest BCUT2D eigenvalue weighted by Crippen LogP contribution is -2.30. The second kappa shape index (κ2) is 61.2. The third-order valence-electron chi connectivity index (χ3n) is 14.4. The summed E-state index contributed by atoms with van der Waals surface area (Å²) < 4.78 is 16.9. The molecule has 0 aliphatic rings. The minimum Gasteiger partial charge on any atom is -0.462 e.